The fraction of sp³-hybridized carbons (Fsp3) is 0. The summed E-state index contributed by atoms with van der Waals surface area (Å²) in [6, 6.07) is 9.55. The maximum atomic E-state index is 5.19. The van der Waals surface area contributed by atoms with Crippen LogP contribution in [0.25, 0.3) is 11.5 Å². The molecule has 0 aliphatic rings. The Balaban J connectivity index is 2.00. The van der Waals surface area contributed by atoms with Gasteiger partial charge >= 0.3 is 0 Å². The Hall–Kier alpha value is -1.64. The van der Waals surface area contributed by atoms with Crippen molar-refractivity contribution in [1.29, 1.82) is 0 Å². The molecule has 5 nitrogen and oxygen atoms in total. The van der Waals surface area contributed by atoms with Gasteiger partial charge < -0.3 is 0 Å². The van der Waals surface area contributed by atoms with Crippen LogP contribution in [-0.2, 0) is 0 Å². The topological polar surface area (TPSA) is 58.9 Å². The smallest absolute Gasteiger partial charge is 0.216 e. The van der Waals surface area contributed by atoms with Crippen LogP contribution in [0.4, 0.5) is 0 Å². The lowest BCUT2D eigenvalue weighted by atomic mass is 10.3. The zero-order valence-corrected chi connectivity index (χ0v) is 13.2. The number of aromatic amines is 1. The van der Waals surface area contributed by atoms with Crippen molar-refractivity contribution in [2.45, 2.75) is 0 Å². The van der Waals surface area contributed by atoms with Crippen LogP contribution in [0.5, 0.6) is 0 Å². The maximum Gasteiger partial charge on any atom is 0.216 e. The number of nitrogens with zero attached hydrogens (tertiary/aromatic N) is 4. The summed E-state index contributed by atoms with van der Waals surface area (Å²) < 4.78 is 3.04. The molecule has 0 saturated heterocycles. The number of hydrogen-bond donors (Lipinski definition) is 1. The van der Waals surface area contributed by atoms with E-state index in [0.717, 1.165) is 8.66 Å². The number of rotatable bonds is 3. The first kappa shape index (κ1) is 13.3. The molecular formula is C12H8BrN5S2. The van der Waals surface area contributed by atoms with E-state index in [2.05, 4.69) is 36.2 Å². The van der Waals surface area contributed by atoms with E-state index >= 15 is 0 Å². The first-order valence-electron chi connectivity index (χ1n) is 5.62. The first-order valence-corrected chi connectivity index (χ1v) is 7.64. The normalized spacial score (nSPS) is 11.2. The van der Waals surface area contributed by atoms with Crippen LogP contribution in [0.15, 0.2) is 45.4 Å². The minimum Gasteiger partial charge on any atom is -0.253 e. The molecule has 100 valence electrons. The van der Waals surface area contributed by atoms with E-state index < -0.39 is 0 Å². The van der Waals surface area contributed by atoms with Gasteiger partial charge in [0, 0.05) is 11.1 Å². The van der Waals surface area contributed by atoms with Gasteiger partial charge in [0.25, 0.3) is 0 Å². The first-order chi connectivity index (χ1) is 9.74. The second-order valence-electron chi connectivity index (χ2n) is 3.77. The van der Waals surface area contributed by atoms with Crippen LogP contribution in [0, 0.1) is 4.77 Å². The lowest BCUT2D eigenvalue weighted by molar-refractivity contribution is 0.868. The van der Waals surface area contributed by atoms with Gasteiger partial charge in [-0.05, 0) is 52.4 Å². The predicted octanol–water partition coefficient (Wildman–Crippen LogP) is 3.71. The van der Waals surface area contributed by atoms with E-state index in [9.17, 15) is 0 Å². The monoisotopic (exact) mass is 365 g/mol. The lowest BCUT2D eigenvalue weighted by Crippen LogP contribution is -1.95. The molecule has 0 saturated carbocycles. The molecule has 0 radical (unpaired) electrons. The summed E-state index contributed by atoms with van der Waals surface area (Å²) in [7, 11) is 0. The minimum atomic E-state index is 0.428. The fourth-order valence-corrected chi connectivity index (χ4v) is 3.04. The van der Waals surface area contributed by atoms with Crippen LogP contribution in [0.1, 0.15) is 4.88 Å². The van der Waals surface area contributed by atoms with Gasteiger partial charge in [-0.3, -0.25) is 4.98 Å². The Morgan fingerprint density at radius 1 is 1.35 bits per heavy atom. The van der Waals surface area contributed by atoms with Gasteiger partial charge in [0.15, 0.2) is 0 Å². The SMILES string of the molecule is S=c1[nH]nc(-c2ccccn2)n1/N=C/c1ccc(Br)s1. The molecule has 0 spiro atoms. The average Bonchev–Trinajstić information content (AvgIpc) is 3.04. The molecule has 0 fully saturated rings. The Kier molecular flexibility index (Phi) is 3.86. The molecule has 0 bridgehead atoms. The number of nitrogens with one attached hydrogen (secondary N) is 1. The number of hydrogen-bond acceptors (Lipinski definition) is 5. The van der Waals surface area contributed by atoms with Gasteiger partial charge in [-0.25, -0.2) is 5.10 Å². The van der Waals surface area contributed by atoms with Crippen molar-refractivity contribution in [3.05, 3.63) is 50.0 Å². The summed E-state index contributed by atoms with van der Waals surface area (Å²) in [5.74, 6) is 0.586. The quantitative estimate of drug-likeness (QED) is 0.568. The second-order valence-corrected chi connectivity index (χ2v) is 6.65. The largest absolute Gasteiger partial charge is 0.253 e. The van der Waals surface area contributed by atoms with Crippen molar-refractivity contribution >= 4 is 45.7 Å². The summed E-state index contributed by atoms with van der Waals surface area (Å²) in [6.07, 6.45) is 3.45. The molecular weight excluding hydrogens is 358 g/mol. The molecule has 8 heteroatoms. The number of thiophene rings is 1. The summed E-state index contributed by atoms with van der Waals surface area (Å²) >= 11 is 10.2. The zero-order chi connectivity index (χ0) is 13.9. The number of pyridine rings is 1. The van der Waals surface area contributed by atoms with Gasteiger partial charge in [0.2, 0.25) is 10.6 Å². The summed E-state index contributed by atoms with van der Waals surface area (Å²) in [6.45, 7) is 0. The number of H-pyrrole nitrogens is 1. The highest BCUT2D eigenvalue weighted by Gasteiger charge is 2.08. The Bertz CT molecular complexity index is 803. The van der Waals surface area contributed by atoms with E-state index in [1.165, 1.54) is 0 Å². The minimum absolute atomic E-state index is 0.428. The van der Waals surface area contributed by atoms with Crippen molar-refractivity contribution in [3.8, 4) is 11.5 Å². The van der Waals surface area contributed by atoms with E-state index in [4.69, 9.17) is 12.2 Å². The molecule has 3 aromatic heterocycles. The molecule has 1 N–H and O–H groups in total. The van der Waals surface area contributed by atoms with Crippen LogP contribution in [-0.4, -0.2) is 26.1 Å². The third kappa shape index (κ3) is 2.77. The Labute approximate surface area is 132 Å². The molecule has 0 atom stereocenters. The van der Waals surface area contributed by atoms with Crippen molar-refractivity contribution in [1.82, 2.24) is 19.9 Å². The fourth-order valence-electron chi connectivity index (χ4n) is 1.57. The van der Waals surface area contributed by atoms with Crippen molar-refractivity contribution < 1.29 is 0 Å². The number of aromatic nitrogens is 4. The highest BCUT2D eigenvalue weighted by Crippen LogP contribution is 2.21. The van der Waals surface area contributed by atoms with E-state index in [1.807, 2.05) is 30.3 Å². The van der Waals surface area contributed by atoms with Gasteiger partial charge in [-0.1, -0.05) is 6.07 Å². The van der Waals surface area contributed by atoms with Gasteiger partial charge in [-0.15, -0.1) is 11.3 Å². The van der Waals surface area contributed by atoms with Crippen LogP contribution in [0.3, 0.4) is 0 Å². The van der Waals surface area contributed by atoms with Gasteiger partial charge in [-0.2, -0.15) is 14.9 Å². The molecule has 3 rings (SSSR count). The van der Waals surface area contributed by atoms with Crippen LogP contribution >= 0.6 is 39.5 Å². The molecule has 0 unspecified atom stereocenters. The van der Waals surface area contributed by atoms with Crippen LogP contribution in [0.2, 0.25) is 0 Å². The van der Waals surface area contributed by atoms with Gasteiger partial charge in [0.05, 0.1) is 10.0 Å². The highest BCUT2D eigenvalue weighted by molar-refractivity contribution is 9.11. The summed E-state index contributed by atoms with van der Waals surface area (Å²) in [5.41, 5.74) is 0.712. The summed E-state index contributed by atoms with van der Waals surface area (Å²) in [4.78, 5) is 5.27. The third-order valence-corrected chi connectivity index (χ3v) is 4.26. The highest BCUT2D eigenvalue weighted by atomic mass is 79.9. The Morgan fingerprint density at radius 3 is 2.95 bits per heavy atom. The predicted molar refractivity (Wildman–Crippen MR) is 85.7 cm³/mol. The Morgan fingerprint density at radius 2 is 2.25 bits per heavy atom. The number of halogens is 1. The van der Waals surface area contributed by atoms with Crippen molar-refractivity contribution in [2.75, 3.05) is 0 Å². The van der Waals surface area contributed by atoms with Crippen LogP contribution < -0.4 is 0 Å². The van der Waals surface area contributed by atoms with E-state index in [-0.39, 0.29) is 0 Å². The second kappa shape index (κ2) is 5.78. The van der Waals surface area contributed by atoms with Crippen molar-refractivity contribution in [2.24, 2.45) is 5.10 Å². The zero-order valence-electron chi connectivity index (χ0n) is 10.0. The molecule has 3 aromatic rings. The molecule has 20 heavy (non-hydrogen) atoms. The molecule has 3 heterocycles. The third-order valence-electron chi connectivity index (χ3n) is 2.44. The van der Waals surface area contributed by atoms with Gasteiger partial charge in [0.1, 0.15) is 5.69 Å². The van der Waals surface area contributed by atoms with E-state index in [0.29, 0.717) is 16.3 Å². The van der Waals surface area contributed by atoms with E-state index in [1.54, 1.807) is 28.4 Å². The van der Waals surface area contributed by atoms with Crippen molar-refractivity contribution in [3.63, 3.8) is 0 Å². The maximum absolute atomic E-state index is 5.19. The molecule has 0 aromatic carbocycles. The molecule has 0 aliphatic carbocycles. The standard InChI is InChI=1S/C12H8BrN5S2/c13-10-5-4-8(20-10)7-15-18-11(16-17-12(18)19)9-3-1-2-6-14-9/h1-7H,(H,17,19)/b15-7+. The lowest BCUT2D eigenvalue weighted by Gasteiger charge is -1.98. The molecule has 0 aliphatic heterocycles. The molecule has 0 amide bonds. The average molecular weight is 366 g/mol. The summed E-state index contributed by atoms with van der Waals surface area (Å²) in [5, 5.41) is 11.3.